The van der Waals surface area contributed by atoms with Gasteiger partial charge in [-0.3, -0.25) is 0 Å². The Morgan fingerprint density at radius 3 is 2.53 bits per heavy atom. The van der Waals surface area contributed by atoms with E-state index in [0.717, 1.165) is 31.2 Å². The summed E-state index contributed by atoms with van der Waals surface area (Å²) in [5, 5.41) is 3.68. The van der Waals surface area contributed by atoms with Gasteiger partial charge < -0.3 is 10.2 Å². The minimum absolute atomic E-state index is 0.150. The SMILES string of the molecule is Fc1ccc(N2CCNC(C3CCCCC3)C2)cc1. The molecule has 2 aliphatic rings. The van der Waals surface area contributed by atoms with Crippen molar-refractivity contribution in [3.05, 3.63) is 30.1 Å². The maximum Gasteiger partial charge on any atom is 0.123 e. The topological polar surface area (TPSA) is 15.3 Å². The molecular weight excluding hydrogens is 239 g/mol. The molecule has 1 heterocycles. The molecule has 3 heteroatoms. The Morgan fingerprint density at radius 2 is 1.79 bits per heavy atom. The molecule has 104 valence electrons. The van der Waals surface area contributed by atoms with Crippen molar-refractivity contribution in [2.24, 2.45) is 5.92 Å². The molecular formula is C16H23FN2. The van der Waals surface area contributed by atoms with Crippen molar-refractivity contribution >= 4 is 5.69 Å². The highest BCUT2D eigenvalue weighted by Crippen LogP contribution is 2.28. The smallest absolute Gasteiger partial charge is 0.123 e. The van der Waals surface area contributed by atoms with Gasteiger partial charge in [0, 0.05) is 31.4 Å². The number of nitrogens with zero attached hydrogens (tertiary/aromatic N) is 1. The normalized spacial score (nSPS) is 25.5. The first-order chi connectivity index (χ1) is 9.33. The molecule has 1 saturated heterocycles. The van der Waals surface area contributed by atoms with Crippen molar-refractivity contribution in [2.45, 2.75) is 38.1 Å². The van der Waals surface area contributed by atoms with Crippen molar-refractivity contribution in [1.82, 2.24) is 5.32 Å². The van der Waals surface area contributed by atoms with E-state index in [1.807, 2.05) is 12.1 Å². The Labute approximate surface area is 115 Å². The summed E-state index contributed by atoms with van der Waals surface area (Å²) in [5.41, 5.74) is 1.16. The molecule has 0 radical (unpaired) electrons. The first kappa shape index (κ1) is 12.9. The lowest BCUT2D eigenvalue weighted by molar-refractivity contribution is 0.257. The molecule has 1 aromatic carbocycles. The zero-order valence-electron chi connectivity index (χ0n) is 11.4. The first-order valence-corrected chi connectivity index (χ1v) is 7.57. The van der Waals surface area contributed by atoms with Gasteiger partial charge >= 0.3 is 0 Å². The average molecular weight is 262 g/mol. The van der Waals surface area contributed by atoms with Crippen molar-refractivity contribution in [3.63, 3.8) is 0 Å². The number of hydrogen-bond donors (Lipinski definition) is 1. The number of piperazine rings is 1. The zero-order chi connectivity index (χ0) is 13.1. The van der Waals surface area contributed by atoms with Crippen LogP contribution in [0, 0.1) is 11.7 Å². The molecule has 1 N–H and O–H groups in total. The predicted octanol–water partition coefficient (Wildman–Crippen LogP) is 3.18. The molecule has 0 spiro atoms. The second kappa shape index (κ2) is 5.91. The molecule has 0 bridgehead atoms. The largest absolute Gasteiger partial charge is 0.369 e. The van der Waals surface area contributed by atoms with Crippen molar-refractivity contribution in [1.29, 1.82) is 0 Å². The first-order valence-electron chi connectivity index (χ1n) is 7.57. The average Bonchev–Trinajstić information content (AvgIpc) is 2.49. The van der Waals surface area contributed by atoms with Crippen molar-refractivity contribution in [2.75, 3.05) is 24.5 Å². The minimum atomic E-state index is -0.150. The molecule has 3 rings (SSSR count). The highest BCUT2D eigenvalue weighted by atomic mass is 19.1. The van der Waals surface area contributed by atoms with Gasteiger partial charge in [0.1, 0.15) is 5.82 Å². The highest BCUT2D eigenvalue weighted by Gasteiger charge is 2.27. The van der Waals surface area contributed by atoms with Gasteiger partial charge in [-0.1, -0.05) is 19.3 Å². The van der Waals surface area contributed by atoms with E-state index in [4.69, 9.17) is 0 Å². The van der Waals surface area contributed by atoms with Crippen LogP contribution in [0.5, 0.6) is 0 Å². The van der Waals surface area contributed by atoms with Crippen LogP contribution < -0.4 is 10.2 Å². The number of hydrogen-bond acceptors (Lipinski definition) is 2. The zero-order valence-corrected chi connectivity index (χ0v) is 11.4. The fourth-order valence-electron chi connectivity index (χ4n) is 3.52. The molecule has 0 amide bonds. The van der Waals surface area contributed by atoms with Crippen LogP contribution in [0.15, 0.2) is 24.3 Å². The minimum Gasteiger partial charge on any atom is -0.369 e. The summed E-state index contributed by atoms with van der Waals surface area (Å²) >= 11 is 0. The van der Waals surface area contributed by atoms with E-state index in [2.05, 4.69) is 10.2 Å². The van der Waals surface area contributed by atoms with Crippen LogP contribution >= 0.6 is 0 Å². The number of halogens is 1. The molecule has 1 unspecified atom stereocenters. The van der Waals surface area contributed by atoms with Crippen molar-refractivity contribution < 1.29 is 4.39 Å². The lowest BCUT2D eigenvalue weighted by Crippen LogP contribution is -2.54. The van der Waals surface area contributed by atoms with Crippen LogP contribution in [-0.4, -0.2) is 25.7 Å². The fourth-order valence-corrected chi connectivity index (χ4v) is 3.52. The van der Waals surface area contributed by atoms with E-state index in [1.165, 1.54) is 32.1 Å². The Morgan fingerprint density at radius 1 is 1.05 bits per heavy atom. The number of benzene rings is 1. The molecule has 2 fully saturated rings. The van der Waals surface area contributed by atoms with Crippen LogP contribution in [-0.2, 0) is 0 Å². The highest BCUT2D eigenvalue weighted by molar-refractivity contribution is 5.47. The third-order valence-electron chi connectivity index (χ3n) is 4.62. The van der Waals surface area contributed by atoms with Gasteiger partial charge in [0.15, 0.2) is 0 Å². The Kier molecular flexibility index (Phi) is 4.02. The number of rotatable bonds is 2. The molecule has 1 aliphatic carbocycles. The van der Waals surface area contributed by atoms with Gasteiger partial charge in [-0.15, -0.1) is 0 Å². The maximum absolute atomic E-state index is 13.0. The molecule has 1 aliphatic heterocycles. The van der Waals surface area contributed by atoms with Crippen molar-refractivity contribution in [3.8, 4) is 0 Å². The van der Waals surface area contributed by atoms with Crippen LogP contribution in [0.3, 0.4) is 0 Å². The van der Waals surface area contributed by atoms with Crippen LogP contribution in [0.2, 0.25) is 0 Å². The maximum atomic E-state index is 13.0. The van der Waals surface area contributed by atoms with Gasteiger partial charge in [-0.25, -0.2) is 4.39 Å². The molecule has 2 nitrogen and oxygen atoms in total. The van der Waals surface area contributed by atoms with E-state index in [0.29, 0.717) is 6.04 Å². The van der Waals surface area contributed by atoms with E-state index in [-0.39, 0.29) is 5.82 Å². The van der Waals surface area contributed by atoms with Gasteiger partial charge in [-0.2, -0.15) is 0 Å². The summed E-state index contributed by atoms with van der Waals surface area (Å²) < 4.78 is 13.0. The van der Waals surface area contributed by atoms with E-state index >= 15 is 0 Å². The van der Waals surface area contributed by atoms with Gasteiger partial charge in [-0.05, 0) is 43.0 Å². The molecule has 19 heavy (non-hydrogen) atoms. The second-order valence-corrected chi connectivity index (χ2v) is 5.88. The van der Waals surface area contributed by atoms with E-state index in [1.54, 1.807) is 12.1 Å². The molecule has 1 saturated carbocycles. The lowest BCUT2D eigenvalue weighted by Gasteiger charge is -2.40. The standard InChI is InChI=1S/C16H23FN2/c17-14-6-8-15(9-7-14)19-11-10-18-16(12-19)13-4-2-1-3-5-13/h6-9,13,16,18H,1-5,10-12H2. The van der Waals surface area contributed by atoms with Gasteiger partial charge in [0.2, 0.25) is 0 Å². The summed E-state index contributed by atoms with van der Waals surface area (Å²) in [4.78, 5) is 2.40. The van der Waals surface area contributed by atoms with E-state index < -0.39 is 0 Å². The Hall–Kier alpha value is -1.09. The summed E-state index contributed by atoms with van der Waals surface area (Å²) in [7, 11) is 0. The third-order valence-corrected chi connectivity index (χ3v) is 4.62. The Bertz CT molecular complexity index is 398. The predicted molar refractivity (Wildman–Crippen MR) is 77.0 cm³/mol. The summed E-state index contributed by atoms with van der Waals surface area (Å²) in [6.07, 6.45) is 6.92. The third kappa shape index (κ3) is 3.08. The van der Waals surface area contributed by atoms with Crippen LogP contribution in [0.1, 0.15) is 32.1 Å². The number of anilines is 1. The number of nitrogens with one attached hydrogen (secondary N) is 1. The van der Waals surface area contributed by atoms with Crippen LogP contribution in [0.25, 0.3) is 0 Å². The van der Waals surface area contributed by atoms with Gasteiger partial charge in [0.05, 0.1) is 0 Å². The summed E-state index contributed by atoms with van der Waals surface area (Å²) in [6, 6.07) is 7.54. The lowest BCUT2D eigenvalue weighted by atomic mass is 9.83. The second-order valence-electron chi connectivity index (χ2n) is 5.88. The molecule has 1 aromatic rings. The quantitative estimate of drug-likeness (QED) is 0.880. The van der Waals surface area contributed by atoms with Crippen LogP contribution in [0.4, 0.5) is 10.1 Å². The fraction of sp³-hybridized carbons (Fsp3) is 0.625. The monoisotopic (exact) mass is 262 g/mol. The summed E-state index contributed by atoms with van der Waals surface area (Å²) in [6.45, 7) is 3.13. The molecule has 0 aromatic heterocycles. The molecule has 1 atom stereocenters. The Balaban J connectivity index is 1.65. The van der Waals surface area contributed by atoms with Gasteiger partial charge in [0.25, 0.3) is 0 Å². The summed E-state index contributed by atoms with van der Waals surface area (Å²) in [5.74, 6) is 0.680. The van der Waals surface area contributed by atoms with E-state index in [9.17, 15) is 4.39 Å².